The summed E-state index contributed by atoms with van der Waals surface area (Å²) < 4.78 is 13.0. The van der Waals surface area contributed by atoms with Gasteiger partial charge in [0.15, 0.2) is 0 Å². The molecule has 164 valence electrons. The van der Waals surface area contributed by atoms with Gasteiger partial charge in [-0.05, 0) is 49.7 Å². The summed E-state index contributed by atoms with van der Waals surface area (Å²) in [6.45, 7) is 3.89. The number of thioether (sulfide) groups is 1. The van der Waals surface area contributed by atoms with Gasteiger partial charge in [-0.25, -0.2) is 4.39 Å². The molecular formula is C21H24FN5O3S. The predicted molar refractivity (Wildman–Crippen MR) is 118 cm³/mol. The summed E-state index contributed by atoms with van der Waals surface area (Å²) in [7, 11) is 0. The molecule has 8 nitrogen and oxygen atoms in total. The Morgan fingerprint density at radius 1 is 1.16 bits per heavy atom. The number of nitrogens with one attached hydrogen (secondary N) is 4. The SMILES string of the molecule is Cc1ccc(NC(=O)CSC2NC(=O)C(NC(=O)c3ccc(F)cc3)C(N)N2)c(C)c1. The Labute approximate surface area is 183 Å². The number of benzene rings is 2. The first-order valence-electron chi connectivity index (χ1n) is 9.60. The van der Waals surface area contributed by atoms with Gasteiger partial charge < -0.3 is 21.7 Å². The summed E-state index contributed by atoms with van der Waals surface area (Å²) in [5, 5.41) is 11.0. The van der Waals surface area contributed by atoms with Crippen molar-refractivity contribution < 1.29 is 18.8 Å². The van der Waals surface area contributed by atoms with Gasteiger partial charge >= 0.3 is 0 Å². The predicted octanol–water partition coefficient (Wildman–Crippen LogP) is 1.20. The fourth-order valence-electron chi connectivity index (χ4n) is 3.06. The number of carbonyl (C=O) groups is 3. The van der Waals surface area contributed by atoms with Gasteiger partial charge in [0, 0.05) is 11.3 Å². The van der Waals surface area contributed by atoms with Crippen LogP contribution in [0.1, 0.15) is 21.5 Å². The normalized spacial score (nSPS) is 20.6. The van der Waals surface area contributed by atoms with Crippen LogP contribution in [0.4, 0.5) is 10.1 Å². The van der Waals surface area contributed by atoms with Crippen molar-refractivity contribution in [2.45, 2.75) is 31.6 Å². The van der Waals surface area contributed by atoms with Crippen molar-refractivity contribution in [1.29, 1.82) is 0 Å². The molecule has 3 atom stereocenters. The molecule has 1 aliphatic rings. The molecule has 0 aliphatic carbocycles. The van der Waals surface area contributed by atoms with Crippen molar-refractivity contribution in [3.63, 3.8) is 0 Å². The third kappa shape index (κ3) is 6.03. The lowest BCUT2D eigenvalue weighted by Crippen LogP contribution is -2.70. The quantitative estimate of drug-likeness (QED) is 0.455. The molecule has 2 aromatic carbocycles. The van der Waals surface area contributed by atoms with Gasteiger partial charge in [-0.3, -0.25) is 19.7 Å². The molecule has 31 heavy (non-hydrogen) atoms. The van der Waals surface area contributed by atoms with Crippen LogP contribution in [0.5, 0.6) is 0 Å². The topological polar surface area (TPSA) is 125 Å². The number of rotatable bonds is 6. The first kappa shape index (κ1) is 22.7. The summed E-state index contributed by atoms with van der Waals surface area (Å²) in [4.78, 5) is 37.0. The Bertz CT molecular complexity index is 985. The molecule has 1 saturated heterocycles. The van der Waals surface area contributed by atoms with Crippen LogP contribution in [0.25, 0.3) is 0 Å². The number of hydrogen-bond donors (Lipinski definition) is 5. The first-order chi connectivity index (χ1) is 14.7. The molecule has 0 aromatic heterocycles. The van der Waals surface area contributed by atoms with Crippen LogP contribution in [-0.2, 0) is 9.59 Å². The molecule has 1 heterocycles. The molecule has 10 heteroatoms. The van der Waals surface area contributed by atoms with E-state index in [9.17, 15) is 18.8 Å². The van der Waals surface area contributed by atoms with Gasteiger partial charge in [0.1, 0.15) is 17.4 Å². The molecule has 2 aromatic rings. The zero-order valence-electron chi connectivity index (χ0n) is 17.1. The second-order valence-corrected chi connectivity index (χ2v) is 8.31. The minimum atomic E-state index is -1.02. The fourth-order valence-corrected chi connectivity index (χ4v) is 3.91. The van der Waals surface area contributed by atoms with Crippen LogP contribution in [0, 0.1) is 19.7 Å². The number of hydrogen-bond acceptors (Lipinski definition) is 6. The van der Waals surface area contributed by atoms with Gasteiger partial charge in [0.2, 0.25) is 11.8 Å². The first-order valence-corrected chi connectivity index (χ1v) is 10.6. The monoisotopic (exact) mass is 445 g/mol. The average Bonchev–Trinajstić information content (AvgIpc) is 2.71. The Morgan fingerprint density at radius 3 is 2.52 bits per heavy atom. The summed E-state index contributed by atoms with van der Waals surface area (Å²) >= 11 is 1.17. The molecule has 6 N–H and O–H groups in total. The third-order valence-electron chi connectivity index (χ3n) is 4.69. The van der Waals surface area contributed by atoms with Crippen LogP contribution in [-0.4, -0.2) is 41.2 Å². The van der Waals surface area contributed by atoms with Crippen molar-refractivity contribution in [3.8, 4) is 0 Å². The number of anilines is 1. The minimum Gasteiger partial charge on any atom is -0.338 e. The lowest BCUT2D eigenvalue weighted by atomic mass is 10.1. The molecule has 0 bridgehead atoms. The maximum absolute atomic E-state index is 13.0. The second kappa shape index (κ2) is 9.90. The molecule has 3 unspecified atom stereocenters. The van der Waals surface area contributed by atoms with Crippen molar-refractivity contribution in [1.82, 2.24) is 16.0 Å². The van der Waals surface area contributed by atoms with Crippen molar-refractivity contribution in [2.24, 2.45) is 5.73 Å². The largest absolute Gasteiger partial charge is 0.338 e. The molecule has 3 rings (SSSR count). The molecule has 1 aliphatic heterocycles. The van der Waals surface area contributed by atoms with E-state index in [1.807, 2.05) is 32.0 Å². The Morgan fingerprint density at radius 2 is 1.87 bits per heavy atom. The van der Waals surface area contributed by atoms with Gasteiger partial charge in [0.25, 0.3) is 5.91 Å². The fraction of sp³-hybridized carbons (Fsp3) is 0.286. The third-order valence-corrected chi connectivity index (χ3v) is 5.70. The summed E-state index contributed by atoms with van der Waals surface area (Å²) in [5.74, 6) is -1.62. The lowest BCUT2D eigenvalue weighted by molar-refractivity contribution is -0.125. The minimum absolute atomic E-state index is 0.0879. The number of aryl methyl sites for hydroxylation is 2. The van der Waals surface area contributed by atoms with E-state index < -0.39 is 35.3 Å². The highest BCUT2D eigenvalue weighted by atomic mass is 32.2. The number of amides is 3. The Hall–Kier alpha value is -2.95. The lowest BCUT2D eigenvalue weighted by Gasteiger charge is -2.35. The smallest absolute Gasteiger partial charge is 0.252 e. The molecular weight excluding hydrogens is 421 g/mol. The second-order valence-electron chi connectivity index (χ2n) is 7.22. The van der Waals surface area contributed by atoms with E-state index in [1.54, 1.807) is 0 Å². The number of nitrogens with two attached hydrogens (primary N) is 1. The standard InChI is InChI=1S/C21H24FN5O3S/c1-11-3-8-15(12(2)9-11)24-16(28)10-31-21-26-18(23)17(20(30)27-21)25-19(29)13-4-6-14(22)7-5-13/h3-9,17-18,21,26H,10,23H2,1-2H3,(H,24,28)(H,25,29)(H,27,30). The van der Waals surface area contributed by atoms with Crippen LogP contribution < -0.4 is 27.0 Å². The van der Waals surface area contributed by atoms with E-state index in [0.29, 0.717) is 0 Å². The highest BCUT2D eigenvalue weighted by molar-refractivity contribution is 8.00. The van der Waals surface area contributed by atoms with Crippen LogP contribution >= 0.6 is 11.8 Å². The molecule has 3 amide bonds. The summed E-state index contributed by atoms with van der Waals surface area (Å²) in [6.07, 6.45) is -0.863. The van der Waals surface area contributed by atoms with Crippen LogP contribution in [0.2, 0.25) is 0 Å². The highest BCUT2D eigenvalue weighted by Crippen LogP contribution is 2.17. The molecule has 1 fully saturated rings. The van der Waals surface area contributed by atoms with Crippen molar-refractivity contribution in [2.75, 3.05) is 11.1 Å². The zero-order chi connectivity index (χ0) is 22.5. The van der Waals surface area contributed by atoms with Gasteiger partial charge in [-0.2, -0.15) is 0 Å². The molecule has 0 spiro atoms. The Kier molecular flexibility index (Phi) is 7.26. The van der Waals surface area contributed by atoms with E-state index in [4.69, 9.17) is 5.73 Å². The average molecular weight is 446 g/mol. The molecule has 0 saturated carbocycles. The number of halogens is 1. The van der Waals surface area contributed by atoms with Gasteiger partial charge in [-0.1, -0.05) is 17.7 Å². The van der Waals surface area contributed by atoms with E-state index in [-0.39, 0.29) is 17.2 Å². The van der Waals surface area contributed by atoms with Crippen molar-refractivity contribution in [3.05, 3.63) is 65.0 Å². The maximum Gasteiger partial charge on any atom is 0.252 e. The van der Waals surface area contributed by atoms with E-state index in [1.165, 1.54) is 23.9 Å². The summed E-state index contributed by atoms with van der Waals surface area (Å²) in [5.41, 5.74) is 8.43. The summed E-state index contributed by atoms with van der Waals surface area (Å²) in [6, 6.07) is 9.67. The number of carbonyl (C=O) groups excluding carboxylic acids is 3. The highest BCUT2D eigenvalue weighted by Gasteiger charge is 2.35. The van der Waals surface area contributed by atoms with Crippen LogP contribution in [0.3, 0.4) is 0 Å². The van der Waals surface area contributed by atoms with E-state index in [0.717, 1.165) is 28.9 Å². The van der Waals surface area contributed by atoms with Gasteiger partial charge in [-0.15, -0.1) is 11.8 Å². The van der Waals surface area contributed by atoms with Gasteiger partial charge in [0.05, 0.1) is 11.9 Å². The molecule has 0 radical (unpaired) electrons. The zero-order valence-corrected chi connectivity index (χ0v) is 17.9. The van der Waals surface area contributed by atoms with Crippen LogP contribution in [0.15, 0.2) is 42.5 Å². The van der Waals surface area contributed by atoms with E-state index >= 15 is 0 Å². The maximum atomic E-state index is 13.0. The Balaban J connectivity index is 1.50. The van der Waals surface area contributed by atoms with Crippen molar-refractivity contribution >= 4 is 35.2 Å². The van der Waals surface area contributed by atoms with E-state index in [2.05, 4.69) is 21.3 Å².